The lowest BCUT2D eigenvalue weighted by molar-refractivity contribution is -0.139. The van der Waals surface area contributed by atoms with Crippen molar-refractivity contribution in [2.45, 2.75) is 44.4 Å². The summed E-state index contributed by atoms with van der Waals surface area (Å²) >= 11 is 0. The lowest BCUT2D eigenvalue weighted by Crippen LogP contribution is -2.44. The maximum atomic E-state index is 13.8. The molecular formula is C33H36N4O5. The molecular weight excluding hydrogens is 532 g/mol. The lowest BCUT2D eigenvalue weighted by Gasteiger charge is -2.28. The number of likely N-dealkylation sites (tertiary alicyclic amines) is 1. The zero-order chi connectivity index (χ0) is 29.9. The van der Waals surface area contributed by atoms with Crippen LogP contribution in [0.1, 0.15) is 47.7 Å². The predicted molar refractivity (Wildman–Crippen MR) is 162 cm³/mol. The molecule has 5 N–H and O–H groups in total. The molecule has 1 saturated heterocycles. The molecule has 0 aromatic heterocycles. The summed E-state index contributed by atoms with van der Waals surface area (Å²) in [4.78, 5) is 42.3. The number of anilines is 3. The van der Waals surface area contributed by atoms with E-state index in [9.17, 15) is 24.6 Å². The number of carbonyl (C=O) groups is 3. The Morgan fingerprint density at radius 2 is 1.81 bits per heavy atom. The number of fused-ring (bicyclic) bond motifs is 1. The highest BCUT2D eigenvalue weighted by Crippen LogP contribution is 2.45. The Bertz CT molecular complexity index is 1490. The molecule has 3 amide bonds. The number of aliphatic hydroxyl groups excluding tert-OH is 1. The highest BCUT2D eigenvalue weighted by Gasteiger charge is 2.52. The normalized spacial score (nSPS) is 20.6. The van der Waals surface area contributed by atoms with Gasteiger partial charge < -0.3 is 31.1 Å². The minimum Gasteiger partial charge on any atom is -0.399 e. The molecule has 42 heavy (non-hydrogen) atoms. The molecule has 0 aliphatic carbocycles. The summed E-state index contributed by atoms with van der Waals surface area (Å²) in [6.45, 7) is 2.59. The van der Waals surface area contributed by atoms with Gasteiger partial charge in [-0.3, -0.25) is 14.4 Å². The Labute approximate surface area is 245 Å². The third-order valence-electron chi connectivity index (χ3n) is 8.19. The molecule has 1 fully saturated rings. The average molecular weight is 569 g/mol. The molecule has 2 aliphatic heterocycles. The predicted octanol–water partition coefficient (Wildman–Crippen LogP) is 3.82. The first-order valence-electron chi connectivity index (χ1n) is 14.2. The van der Waals surface area contributed by atoms with Crippen LogP contribution in [0.3, 0.4) is 0 Å². The number of nitrogens with one attached hydrogen (secondary N) is 1. The van der Waals surface area contributed by atoms with E-state index >= 15 is 0 Å². The standard InChI is InChI=1S/C33H36N4O5/c1-22(6-4-10-30(39)36-19-5-7-27(36)21-38)33(42)28-8-2-3-9-29(28)37(32(33)41)20-23-11-17-26(18-12-23)35-31(40)24-13-15-25(34)16-14-24/h2-4,6,8-9,11-18,22,27,38,42H,5,7,10,19-21,34H2,1H3,(H,35,40)/b6-4+/t22-,27-,33+/m0/s1. The highest BCUT2D eigenvalue weighted by molar-refractivity contribution is 6.07. The molecule has 0 saturated carbocycles. The minimum absolute atomic E-state index is 0.0479. The van der Waals surface area contributed by atoms with E-state index in [1.54, 1.807) is 77.4 Å². The van der Waals surface area contributed by atoms with E-state index < -0.39 is 17.4 Å². The first-order valence-corrected chi connectivity index (χ1v) is 14.2. The SMILES string of the molecule is C[C@@H](/C=C/CC(=O)N1CCC[C@H]1CO)[C@]1(O)C(=O)N(Cc2ccc(NC(=O)c3ccc(N)cc3)cc2)c2ccccc21. The van der Waals surface area contributed by atoms with Crippen molar-refractivity contribution in [3.05, 3.63) is 102 Å². The molecule has 218 valence electrons. The lowest BCUT2D eigenvalue weighted by atomic mass is 9.83. The number of aliphatic hydroxyl groups is 2. The van der Waals surface area contributed by atoms with Crippen molar-refractivity contribution in [3.63, 3.8) is 0 Å². The number of rotatable bonds is 9. The largest absolute Gasteiger partial charge is 0.399 e. The fourth-order valence-corrected chi connectivity index (χ4v) is 5.76. The number of amides is 3. The smallest absolute Gasteiger partial charge is 0.264 e. The van der Waals surface area contributed by atoms with E-state index in [-0.39, 0.29) is 37.4 Å². The molecule has 0 radical (unpaired) electrons. The van der Waals surface area contributed by atoms with Crippen LogP contribution in [0.5, 0.6) is 0 Å². The fraction of sp³-hybridized carbons (Fsp3) is 0.303. The summed E-state index contributed by atoms with van der Waals surface area (Å²) in [5, 5.41) is 24.2. The molecule has 2 aliphatic rings. The molecule has 2 heterocycles. The van der Waals surface area contributed by atoms with Gasteiger partial charge in [0.05, 0.1) is 24.9 Å². The number of carbonyl (C=O) groups excluding carboxylic acids is 3. The van der Waals surface area contributed by atoms with E-state index in [0.29, 0.717) is 34.7 Å². The number of hydrogen-bond acceptors (Lipinski definition) is 6. The number of hydrogen-bond donors (Lipinski definition) is 4. The van der Waals surface area contributed by atoms with Crippen LogP contribution in [0.2, 0.25) is 0 Å². The first kappa shape index (κ1) is 29.0. The topological polar surface area (TPSA) is 136 Å². The van der Waals surface area contributed by atoms with E-state index in [0.717, 1.165) is 18.4 Å². The van der Waals surface area contributed by atoms with E-state index in [1.807, 2.05) is 24.3 Å². The van der Waals surface area contributed by atoms with Crippen LogP contribution in [0.25, 0.3) is 0 Å². The maximum absolute atomic E-state index is 13.8. The zero-order valence-corrected chi connectivity index (χ0v) is 23.6. The van der Waals surface area contributed by atoms with E-state index in [1.165, 1.54) is 0 Å². The Hall–Kier alpha value is -4.47. The fourth-order valence-electron chi connectivity index (χ4n) is 5.76. The van der Waals surface area contributed by atoms with Crippen LogP contribution >= 0.6 is 0 Å². The van der Waals surface area contributed by atoms with Gasteiger partial charge in [-0.1, -0.05) is 49.4 Å². The van der Waals surface area contributed by atoms with Crippen LogP contribution in [-0.2, 0) is 21.7 Å². The number of para-hydroxylation sites is 1. The van der Waals surface area contributed by atoms with Gasteiger partial charge in [-0.15, -0.1) is 0 Å². The van der Waals surface area contributed by atoms with Gasteiger partial charge in [-0.2, -0.15) is 0 Å². The van der Waals surface area contributed by atoms with E-state index in [4.69, 9.17) is 5.73 Å². The van der Waals surface area contributed by atoms with Crippen molar-refractivity contribution in [3.8, 4) is 0 Å². The van der Waals surface area contributed by atoms with Crippen molar-refractivity contribution < 1.29 is 24.6 Å². The molecule has 0 spiro atoms. The molecule has 9 heteroatoms. The van der Waals surface area contributed by atoms with Crippen LogP contribution in [-0.4, -0.2) is 52.0 Å². The van der Waals surface area contributed by atoms with Crippen LogP contribution in [0, 0.1) is 5.92 Å². The monoisotopic (exact) mass is 568 g/mol. The Kier molecular flexibility index (Phi) is 8.42. The summed E-state index contributed by atoms with van der Waals surface area (Å²) in [6, 6.07) is 20.9. The van der Waals surface area contributed by atoms with Crippen molar-refractivity contribution in [1.82, 2.24) is 4.90 Å². The number of benzene rings is 3. The molecule has 5 rings (SSSR count). The molecule has 0 bridgehead atoms. The van der Waals surface area contributed by atoms with Gasteiger partial charge in [-0.25, -0.2) is 0 Å². The van der Waals surface area contributed by atoms with Crippen molar-refractivity contribution in [2.24, 2.45) is 5.92 Å². The van der Waals surface area contributed by atoms with Crippen LogP contribution in [0.15, 0.2) is 84.9 Å². The van der Waals surface area contributed by atoms with Crippen LogP contribution < -0.4 is 16.0 Å². The Morgan fingerprint density at radius 1 is 1.10 bits per heavy atom. The second-order valence-electron chi connectivity index (χ2n) is 10.9. The van der Waals surface area contributed by atoms with Gasteiger partial charge in [0, 0.05) is 41.4 Å². The summed E-state index contributed by atoms with van der Waals surface area (Å²) in [6.07, 6.45) is 5.23. The van der Waals surface area contributed by atoms with Gasteiger partial charge in [0.2, 0.25) is 5.91 Å². The zero-order valence-electron chi connectivity index (χ0n) is 23.6. The molecule has 3 aromatic carbocycles. The summed E-state index contributed by atoms with van der Waals surface area (Å²) in [5.74, 6) is -1.36. The van der Waals surface area contributed by atoms with Gasteiger partial charge in [0.1, 0.15) is 0 Å². The average Bonchev–Trinajstić information content (AvgIpc) is 3.56. The number of nitrogen functional groups attached to an aromatic ring is 1. The summed E-state index contributed by atoms with van der Waals surface area (Å²) in [5.41, 5.74) is 7.56. The summed E-state index contributed by atoms with van der Waals surface area (Å²) < 4.78 is 0. The Balaban J connectivity index is 1.27. The third kappa shape index (κ3) is 5.66. The second kappa shape index (κ2) is 12.2. The highest BCUT2D eigenvalue weighted by atomic mass is 16.3. The van der Waals surface area contributed by atoms with Gasteiger partial charge in [-0.05, 0) is 60.9 Å². The molecule has 0 unspecified atom stereocenters. The third-order valence-corrected chi connectivity index (χ3v) is 8.19. The minimum atomic E-state index is -1.79. The quantitative estimate of drug-likeness (QED) is 0.229. The molecule has 3 aromatic rings. The van der Waals surface area contributed by atoms with Gasteiger partial charge in [0.25, 0.3) is 11.8 Å². The first-order chi connectivity index (χ1) is 20.2. The number of nitrogens with two attached hydrogens (primary N) is 1. The molecule has 3 atom stereocenters. The van der Waals surface area contributed by atoms with Gasteiger partial charge in [0.15, 0.2) is 5.60 Å². The van der Waals surface area contributed by atoms with Crippen molar-refractivity contribution in [2.75, 3.05) is 29.1 Å². The van der Waals surface area contributed by atoms with Crippen molar-refractivity contribution >= 4 is 34.8 Å². The molecule has 9 nitrogen and oxygen atoms in total. The van der Waals surface area contributed by atoms with Crippen LogP contribution in [0.4, 0.5) is 17.1 Å². The van der Waals surface area contributed by atoms with Crippen molar-refractivity contribution in [1.29, 1.82) is 0 Å². The number of nitrogens with zero attached hydrogens (tertiary/aromatic N) is 2. The van der Waals surface area contributed by atoms with E-state index in [2.05, 4.69) is 5.32 Å². The van der Waals surface area contributed by atoms with Gasteiger partial charge >= 0.3 is 0 Å². The second-order valence-corrected chi connectivity index (χ2v) is 10.9. The Morgan fingerprint density at radius 3 is 2.52 bits per heavy atom. The maximum Gasteiger partial charge on any atom is 0.264 e. The summed E-state index contributed by atoms with van der Waals surface area (Å²) in [7, 11) is 0.